The van der Waals surface area contributed by atoms with Crippen LogP contribution in [0.25, 0.3) is 0 Å². The number of carbonyl (C=O) groups is 2. The topological polar surface area (TPSA) is 71.5 Å². The van der Waals surface area contributed by atoms with Crippen LogP contribution in [0.3, 0.4) is 0 Å². The second-order valence-electron chi connectivity index (χ2n) is 6.94. The van der Waals surface area contributed by atoms with Crippen molar-refractivity contribution >= 4 is 17.6 Å². The van der Waals surface area contributed by atoms with Crippen molar-refractivity contribution in [2.24, 2.45) is 0 Å². The van der Waals surface area contributed by atoms with E-state index in [4.69, 9.17) is 4.74 Å². The van der Waals surface area contributed by atoms with Crippen LogP contribution in [0.4, 0.5) is 5.82 Å². The van der Waals surface area contributed by atoms with E-state index in [-0.39, 0.29) is 18.4 Å². The van der Waals surface area contributed by atoms with E-state index in [0.717, 1.165) is 16.7 Å². The van der Waals surface area contributed by atoms with E-state index in [1.807, 2.05) is 55.5 Å². The van der Waals surface area contributed by atoms with Gasteiger partial charge in [-0.15, -0.1) is 0 Å². The summed E-state index contributed by atoms with van der Waals surface area (Å²) in [5.41, 5.74) is 3.43. The second-order valence-corrected chi connectivity index (χ2v) is 6.94. The SMILES string of the molecule is Cc1ccc2c(c1)C(OCC(=O)Nc1ccccn1)N(Cc1ccccc1)C2=O. The number of aromatic nitrogens is 1. The molecule has 6 heteroatoms. The lowest BCUT2D eigenvalue weighted by Gasteiger charge is -2.25. The number of ether oxygens (including phenoxy) is 1. The monoisotopic (exact) mass is 387 g/mol. The molecule has 2 amide bonds. The van der Waals surface area contributed by atoms with Crippen LogP contribution in [0.5, 0.6) is 0 Å². The van der Waals surface area contributed by atoms with Gasteiger partial charge in [-0.1, -0.05) is 54.1 Å². The minimum Gasteiger partial charge on any atom is -0.344 e. The van der Waals surface area contributed by atoms with E-state index in [0.29, 0.717) is 17.9 Å². The highest BCUT2D eigenvalue weighted by atomic mass is 16.5. The maximum atomic E-state index is 13.0. The van der Waals surface area contributed by atoms with Crippen LogP contribution in [0.15, 0.2) is 72.9 Å². The summed E-state index contributed by atoms with van der Waals surface area (Å²) in [7, 11) is 0. The molecule has 0 saturated heterocycles. The molecule has 0 aliphatic carbocycles. The van der Waals surface area contributed by atoms with E-state index in [1.165, 1.54) is 0 Å². The van der Waals surface area contributed by atoms with Crippen molar-refractivity contribution in [3.8, 4) is 0 Å². The summed E-state index contributed by atoms with van der Waals surface area (Å²) < 4.78 is 5.94. The van der Waals surface area contributed by atoms with Gasteiger partial charge in [-0.2, -0.15) is 0 Å². The minimum atomic E-state index is -0.618. The number of hydrogen-bond donors (Lipinski definition) is 1. The number of benzene rings is 2. The van der Waals surface area contributed by atoms with Crippen molar-refractivity contribution in [1.82, 2.24) is 9.88 Å². The number of rotatable bonds is 6. The Hall–Kier alpha value is -3.51. The van der Waals surface area contributed by atoms with Crippen LogP contribution in [-0.4, -0.2) is 28.3 Å². The number of nitrogens with zero attached hydrogens (tertiary/aromatic N) is 2. The average Bonchev–Trinajstić information content (AvgIpc) is 2.98. The van der Waals surface area contributed by atoms with Crippen molar-refractivity contribution in [1.29, 1.82) is 0 Å². The standard InChI is InChI=1S/C23H21N3O3/c1-16-10-11-18-19(13-16)23(26(22(18)28)14-17-7-3-2-4-8-17)29-15-21(27)25-20-9-5-6-12-24-20/h2-13,23H,14-15H2,1H3,(H,24,25,27). The van der Waals surface area contributed by atoms with Gasteiger partial charge in [0, 0.05) is 23.9 Å². The first-order valence-corrected chi connectivity index (χ1v) is 9.40. The molecule has 2 heterocycles. The van der Waals surface area contributed by atoms with E-state index in [1.54, 1.807) is 29.3 Å². The smallest absolute Gasteiger partial charge is 0.256 e. The zero-order valence-electron chi connectivity index (χ0n) is 16.0. The summed E-state index contributed by atoms with van der Waals surface area (Å²) in [5.74, 6) is 0.0388. The molecule has 1 unspecified atom stereocenters. The lowest BCUT2D eigenvalue weighted by Crippen LogP contribution is -2.31. The Kier molecular flexibility index (Phi) is 5.35. The number of fused-ring (bicyclic) bond motifs is 1. The van der Waals surface area contributed by atoms with E-state index < -0.39 is 6.23 Å². The molecule has 1 aromatic heterocycles. The first kappa shape index (κ1) is 18.8. The minimum absolute atomic E-state index is 0.0982. The fraction of sp³-hybridized carbons (Fsp3) is 0.174. The van der Waals surface area contributed by atoms with Crippen molar-refractivity contribution in [2.75, 3.05) is 11.9 Å². The summed E-state index contributed by atoms with van der Waals surface area (Å²) in [6.45, 7) is 2.18. The lowest BCUT2D eigenvalue weighted by molar-refractivity contribution is -0.126. The van der Waals surface area contributed by atoms with Gasteiger partial charge >= 0.3 is 0 Å². The van der Waals surface area contributed by atoms with Crippen molar-refractivity contribution in [3.63, 3.8) is 0 Å². The highest BCUT2D eigenvalue weighted by Crippen LogP contribution is 2.36. The van der Waals surface area contributed by atoms with Gasteiger partial charge in [0.1, 0.15) is 12.4 Å². The van der Waals surface area contributed by atoms with Gasteiger partial charge in [-0.3, -0.25) is 9.59 Å². The normalized spacial score (nSPS) is 15.3. The lowest BCUT2D eigenvalue weighted by atomic mass is 10.1. The molecule has 29 heavy (non-hydrogen) atoms. The number of pyridine rings is 1. The molecule has 0 saturated carbocycles. The first-order valence-electron chi connectivity index (χ1n) is 9.40. The van der Waals surface area contributed by atoms with Gasteiger partial charge in [-0.05, 0) is 30.7 Å². The average molecular weight is 387 g/mol. The predicted octanol–water partition coefficient (Wildman–Crippen LogP) is 3.70. The quantitative estimate of drug-likeness (QED) is 0.700. The first-order chi connectivity index (χ1) is 14.1. The van der Waals surface area contributed by atoms with Gasteiger partial charge in [0.2, 0.25) is 0 Å². The summed E-state index contributed by atoms with van der Waals surface area (Å²) >= 11 is 0. The second kappa shape index (κ2) is 8.24. The maximum Gasteiger partial charge on any atom is 0.256 e. The van der Waals surface area contributed by atoms with E-state index >= 15 is 0 Å². The predicted molar refractivity (Wildman–Crippen MR) is 109 cm³/mol. The molecular formula is C23H21N3O3. The summed E-state index contributed by atoms with van der Waals surface area (Å²) in [6, 6.07) is 20.7. The van der Waals surface area contributed by atoms with E-state index in [9.17, 15) is 9.59 Å². The highest BCUT2D eigenvalue weighted by molar-refractivity contribution is 5.99. The van der Waals surface area contributed by atoms with Gasteiger partial charge in [0.15, 0.2) is 6.23 Å². The number of hydrogen-bond acceptors (Lipinski definition) is 4. The maximum absolute atomic E-state index is 13.0. The van der Waals surface area contributed by atoms with Crippen LogP contribution in [0.1, 0.15) is 33.3 Å². The Labute approximate surface area is 169 Å². The molecule has 1 atom stereocenters. The number of carbonyl (C=O) groups excluding carboxylic acids is 2. The van der Waals surface area contributed by atoms with Crippen molar-refractivity contribution in [2.45, 2.75) is 19.7 Å². The Morgan fingerprint density at radius 3 is 2.66 bits per heavy atom. The van der Waals surface area contributed by atoms with Crippen LogP contribution in [0.2, 0.25) is 0 Å². The van der Waals surface area contributed by atoms with Crippen molar-refractivity contribution in [3.05, 3.63) is 95.2 Å². The highest BCUT2D eigenvalue weighted by Gasteiger charge is 2.37. The zero-order chi connectivity index (χ0) is 20.2. The Bertz CT molecular complexity index is 1020. The molecule has 6 nitrogen and oxygen atoms in total. The molecule has 1 N–H and O–H groups in total. The van der Waals surface area contributed by atoms with Crippen LogP contribution in [-0.2, 0) is 16.1 Å². The fourth-order valence-electron chi connectivity index (χ4n) is 3.40. The van der Waals surface area contributed by atoms with Crippen molar-refractivity contribution < 1.29 is 14.3 Å². The molecule has 0 bridgehead atoms. The molecule has 0 fully saturated rings. The molecular weight excluding hydrogens is 366 g/mol. The van der Waals surface area contributed by atoms with Gasteiger partial charge in [-0.25, -0.2) is 4.98 Å². The number of amides is 2. The third-order valence-electron chi connectivity index (χ3n) is 4.75. The van der Waals surface area contributed by atoms with Crippen LogP contribution >= 0.6 is 0 Å². The van der Waals surface area contributed by atoms with E-state index in [2.05, 4.69) is 10.3 Å². The zero-order valence-corrected chi connectivity index (χ0v) is 16.0. The Morgan fingerprint density at radius 1 is 1.10 bits per heavy atom. The molecule has 1 aliphatic heterocycles. The molecule has 0 spiro atoms. The van der Waals surface area contributed by atoms with Gasteiger partial charge in [0.05, 0.1) is 0 Å². The Morgan fingerprint density at radius 2 is 1.90 bits per heavy atom. The molecule has 1 aliphatic rings. The molecule has 4 rings (SSSR count). The molecule has 3 aromatic rings. The number of aryl methyl sites for hydroxylation is 1. The Balaban J connectivity index is 1.53. The van der Waals surface area contributed by atoms with Crippen LogP contribution < -0.4 is 5.32 Å². The summed E-state index contributed by atoms with van der Waals surface area (Å²) in [6.07, 6.45) is 0.985. The third kappa shape index (κ3) is 4.17. The van der Waals surface area contributed by atoms with Crippen LogP contribution in [0, 0.1) is 6.92 Å². The molecule has 0 radical (unpaired) electrons. The number of anilines is 1. The summed E-state index contributed by atoms with van der Waals surface area (Å²) in [5, 5.41) is 2.70. The summed E-state index contributed by atoms with van der Waals surface area (Å²) in [4.78, 5) is 31.0. The molecule has 2 aromatic carbocycles. The van der Waals surface area contributed by atoms with Gasteiger partial charge < -0.3 is 15.0 Å². The molecule has 146 valence electrons. The fourth-order valence-corrected chi connectivity index (χ4v) is 3.40. The third-order valence-corrected chi connectivity index (χ3v) is 4.75. The number of nitrogens with one attached hydrogen (secondary N) is 1. The van der Waals surface area contributed by atoms with Gasteiger partial charge in [0.25, 0.3) is 11.8 Å². The largest absolute Gasteiger partial charge is 0.344 e.